The van der Waals surface area contributed by atoms with Gasteiger partial charge in [0.2, 0.25) is 0 Å². The molecule has 0 saturated heterocycles. The van der Waals surface area contributed by atoms with Crippen LogP contribution in [0.1, 0.15) is 51.3 Å². The first kappa shape index (κ1) is 12.0. The zero-order chi connectivity index (χ0) is 20.9. The molecule has 0 fully saturated rings. The fourth-order valence-corrected chi connectivity index (χ4v) is 2.89. The summed E-state index contributed by atoms with van der Waals surface area (Å²) in [5, 5.41) is 19.3. The van der Waals surface area contributed by atoms with Gasteiger partial charge >= 0.3 is 0 Å². The first-order valence-corrected chi connectivity index (χ1v) is 7.85. The molecule has 2 aromatic carbocycles. The minimum Gasteiger partial charge on any atom is -0.458 e. The Labute approximate surface area is 153 Å². The maximum Gasteiger partial charge on any atom is 0.197 e. The first-order chi connectivity index (χ1) is 13.1. The second-order valence-corrected chi connectivity index (χ2v) is 6.15. The Kier molecular flexibility index (Phi) is 3.12. The van der Waals surface area contributed by atoms with Crippen LogP contribution in [-0.2, 0) is 0 Å². The number of halogens is 1. The molecule has 1 N–H and O–H groups in total. The van der Waals surface area contributed by atoms with Crippen LogP contribution in [-0.4, -0.2) is 10.9 Å². The van der Waals surface area contributed by atoms with Crippen LogP contribution in [0.25, 0.3) is 11.0 Å². The van der Waals surface area contributed by atoms with Gasteiger partial charge in [0.05, 0.1) is 22.7 Å². The lowest BCUT2D eigenvalue weighted by Gasteiger charge is -2.08. The molecule has 0 amide bonds. The number of carbonyl (C=O) groups excluding carboxylic acids is 1. The first-order valence-electron chi connectivity index (χ1n) is 9.05. The van der Waals surface area contributed by atoms with Crippen LogP contribution >= 0.6 is 15.9 Å². The zero-order valence-electron chi connectivity index (χ0n) is 16.8. The highest BCUT2D eigenvalue weighted by molar-refractivity contribution is 9.10. The molecule has 1 heterocycles. The molecular formula is C19H14BrNO3. The molecule has 5 heteroatoms. The third-order valence-electron chi connectivity index (χ3n) is 3.69. The molecule has 0 aliphatic heterocycles. The number of furan rings is 1. The number of fused-ring (bicyclic) bond motifs is 1. The van der Waals surface area contributed by atoms with Crippen molar-refractivity contribution >= 4 is 32.7 Å². The predicted octanol–water partition coefficient (Wildman–Crippen LogP) is 4.66. The van der Waals surface area contributed by atoms with E-state index in [0.29, 0.717) is 10.0 Å². The SMILES string of the molecule is [2H]c1c([2H])c([2H])c2c(C(=O)c3cc(Br)c(C)c(C#N)c3)c(C(C)O)oc2c1[2H]. The van der Waals surface area contributed by atoms with Crippen molar-refractivity contribution in [2.45, 2.75) is 20.0 Å². The Balaban J connectivity index is 2.40. The van der Waals surface area contributed by atoms with E-state index in [2.05, 4.69) is 15.9 Å². The number of nitrogens with zero attached hydrogens (tertiary/aromatic N) is 1. The molecular weight excluding hydrogens is 370 g/mol. The van der Waals surface area contributed by atoms with Crippen LogP contribution in [0.2, 0.25) is 0 Å². The smallest absolute Gasteiger partial charge is 0.197 e. The van der Waals surface area contributed by atoms with Crippen molar-refractivity contribution in [1.82, 2.24) is 0 Å². The minimum absolute atomic E-state index is 0.0953. The molecule has 24 heavy (non-hydrogen) atoms. The number of aliphatic hydroxyl groups excluding tert-OH is 1. The van der Waals surface area contributed by atoms with E-state index in [9.17, 15) is 15.2 Å². The summed E-state index contributed by atoms with van der Waals surface area (Å²) in [4.78, 5) is 13.3. The second kappa shape index (κ2) is 6.23. The molecule has 1 aromatic heterocycles. The lowest BCUT2D eigenvalue weighted by Crippen LogP contribution is -2.06. The van der Waals surface area contributed by atoms with Crippen LogP contribution in [0, 0.1) is 18.3 Å². The van der Waals surface area contributed by atoms with Crippen LogP contribution < -0.4 is 0 Å². The Hall–Kier alpha value is -2.42. The largest absolute Gasteiger partial charge is 0.458 e. The normalized spacial score (nSPS) is 14.5. The molecule has 4 nitrogen and oxygen atoms in total. The number of hydrogen-bond donors (Lipinski definition) is 1. The van der Waals surface area contributed by atoms with E-state index >= 15 is 0 Å². The predicted molar refractivity (Wildman–Crippen MR) is 93.9 cm³/mol. The molecule has 1 unspecified atom stereocenters. The lowest BCUT2D eigenvalue weighted by atomic mass is 9.96. The summed E-state index contributed by atoms with van der Waals surface area (Å²) in [6.45, 7) is 3.10. The maximum absolute atomic E-state index is 13.3. The number of benzene rings is 2. The van der Waals surface area contributed by atoms with Gasteiger partial charge in [-0.15, -0.1) is 0 Å². The van der Waals surface area contributed by atoms with Crippen molar-refractivity contribution in [2.24, 2.45) is 0 Å². The number of rotatable bonds is 3. The number of hydrogen-bond acceptors (Lipinski definition) is 4. The Morgan fingerprint density at radius 1 is 1.42 bits per heavy atom. The number of ketones is 1. The van der Waals surface area contributed by atoms with Gasteiger partial charge in [-0.1, -0.05) is 34.1 Å². The second-order valence-electron chi connectivity index (χ2n) is 5.29. The van der Waals surface area contributed by atoms with E-state index in [1.165, 1.54) is 19.1 Å². The Morgan fingerprint density at radius 2 is 2.12 bits per heavy atom. The van der Waals surface area contributed by atoms with Gasteiger partial charge in [0.25, 0.3) is 0 Å². The molecule has 0 aliphatic carbocycles. The number of carbonyl (C=O) groups is 1. The van der Waals surface area contributed by atoms with E-state index < -0.39 is 36.1 Å². The van der Waals surface area contributed by atoms with Gasteiger partial charge < -0.3 is 9.52 Å². The zero-order valence-corrected chi connectivity index (χ0v) is 14.4. The van der Waals surface area contributed by atoms with E-state index in [4.69, 9.17) is 9.90 Å². The van der Waals surface area contributed by atoms with Crippen LogP contribution in [0.3, 0.4) is 0 Å². The van der Waals surface area contributed by atoms with Gasteiger partial charge in [-0.3, -0.25) is 4.79 Å². The number of nitriles is 1. The average molecular weight is 388 g/mol. The van der Waals surface area contributed by atoms with Crippen LogP contribution in [0.5, 0.6) is 0 Å². The van der Waals surface area contributed by atoms with Crippen molar-refractivity contribution in [1.29, 1.82) is 5.26 Å². The highest BCUT2D eigenvalue weighted by Gasteiger charge is 2.25. The third kappa shape index (κ3) is 2.64. The van der Waals surface area contributed by atoms with Crippen molar-refractivity contribution in [3.63, 3.8) is 0 Å². The van der Waals surface area contributed by atoms with Gasteiger partial charge in [0, 0.05) is 15.4 Å². The molecule has 0 spiro atoms. The van der Waals surface area contributed by atoms with E-state index in [1.807, 2.05) is 6.07 Å². The van der Waals surface area contributed by atoms with Gasteiger partial charge in [-0.2, -0.15) is 5.26 Å². The molecule has 120 valence electrons. The summed E-state index contributed by atoms with van der Waals surface area (Å²) in [6, 6.07) is 3.08. The van der Waals surface area contributed by atoms with Crippen molar-refractivity contribution in [3.05, 3.63) is 68.8 Å². The summed E-state index contributed by atoms with van der Waals surface area (Å²) in [7, 11) is 0. The highest BCUT2D eigenvalue weighted by atomic mass is 79.9. The Bertz CT molecular complexity index is 1190. The maximum atomic E-state index is 13.3. The fourth-order valence-electron chi connectivity index (χ4n) is 2.43. The molecule has 0 radical (unpaired) electrons. The summed E-state index contributed by atoms with van der Waals surface area (Å²) < 4.78 is 37.9. The molecule has 0 saturated carbocycles. The topological polar surface area (TPSA) is 74.2 Å². The van der Waals surface area contributed by atoms with Gasteiger partial charge in [0.1, 0.15) is 17.4 Å². The van der Waals surface area contributed by atoms with Crippen molar-refractivity contribution in [3.8, 4) is 6.07 Å². The van der Waals surface area contributed by atoms with Crippen molar-refractivity contribution in [2.75, 3.05) is 0 Å². The lowest BCUT2D eigenvalue weighted by molar-refractivity contribution is 0.102. The van der Waals surface area contributed by atoms with Gasteiger partial charge in [-0.25, -0.2) is 0 Å². The number of para-hydroxylation sites is 1. The highest BCUT2D eigenvalue weighted by Crippen LogP contribution is 2.33. The Morgan fingerprint density at radius 3 is 2.79 bits per heavy atom. The summed E-state index contributed by atoms with van der Waals surface area (Å²) in [5.74, 6) is -0.765. The van der Waals surface area contributed by atoms with Crippen molar-refractivity contribution < 1.29 is 19.8 Å². The number of aliphatic hydroxyl groups is 1. The summed E-state index contributed by atoms with van der Waals surface area (Å²) in [5.41, 5.74) is 0.736. The quantitative estimate of drug-likeness (QED) is 0.663. The molecule has 1 atom stereocenters. The van der Waals surface area contributed by atoms with E-state index in [1.54, 1.807) is 6.92 Å². The monoisotopic (exact) mass is 387 g/mol. The van der Waals surface area contributed by atoms with Gasteiger partial charge in [-0.05, 0) is 37.6 Å². The van der Waals surface area contributed by atoms with Crippen LogP contribution in [0.15, 0.2) is 45.2 Å². The molecule has 0 bridgehead atoms. The average Bonchev–Trinajstić information content (AvgIpc) is 3.07. The molecule has 3 aromatic rings. The third-order valence-corrected chi connectivity index (χ3v) is 4.52. The molecule has 3 rings (SSSR count). The summed E-state index contributed by atoms with van der Waals surface area (Å²) in [6.07, 6.45) is -1.22. The summed E-state index contributed by atoms with van der Waals surface area (Å²) >= 11 is 3.32. The fraction of sp³-hybridized carbons (Fsp3) is 0.158. The van der Waals surface area contributed by atoms with Crippen LogP contribution in [0.4, 0.5) is 0 Å². The molecule has 0 aliphatic rings. The standard InChI is InChI=1S/C19H14BrNO3/c1-10-13(9-21)7-12(8-15(10)20)18(23)17-14-5-3-4-6-16(14)24-19(17)11(2)22/h3-8,11,22H,1-2H3/i3D,4D,5D,6D. The van der Waals surface area contributed by atoms with E-state index in [0.717, 1.165) is 0 Å². The van der Waals surface area contributed by atoms with E-state index in [-0.39, 0.29) is 33.4 Å². The van der Waals surface area contributed by atoms with Gasteiger partial charge in [0.15, 0.2) is 5.78 Å². The minimum atomic E-state index is -1.22.